The van der Waals surface area contributed by atoms with Crippen LogP contribution < -0.4 is 5.32 Å². The highest BCUT2D eigenvalue weighted by Gasteiger charge is 2.54. The predicted molar refractivity (Wildman–Crippen MR) is 98.6 cm³/mol. The number of aromatic nitrogens is 2. The van der Waals surface area contributed by atoms with Crippen LogP contribution in [0.4, 0.5) is 8.78 Å². The number of ether oxygens (including phenoxy) is 1. The molecule has 3 rings (SSSR count). The highest BCUT2D eigenvalue weighted by Crippen LogP contribution is 2.40. The summed E-state index contributed by atoms with van der Waals surface area (Å²) in [6.07, 6.45) is 0. The normalized spacial score (nSPS) is 20.7. The van der Waals surface area contributed by atoms with E-state index in [-0.39, 0.29) is 40.6 Å². The summed E-state index contributed by atoms with van der Waals surface area (Å²) in [5.41, 5.74) is -0.0445. The number of nitrogens with zero attached hydrogens (tertiary/aromatic N) is 3. The van der Waals surface area contributed by atoms with Crippen LogP contribution in [0.5, 0.6) is 0 Å². The molecule has 2 amide bonds. The van der Waals surface area contributed by atoms with E-state index >= 15 is 0 Å². The highest BCUT2D eigenvalue weighted by molar-refractivity contribution is 8.00. The van der Waals surface area contributed by atoms with Gasteiger partial charge in [-0.3, -0.25) is 19.3 Å². The van der Waals surface area contributed by atoms with Crippen molar-refractivity contribution in [3.8, 4) is 0 Å². The van der Waals surface area contributed by atoms with Gasteiger partial charge in [0.25, 0.3) is 11.8 Å². The maximum absolute atomic E-state index is 13.0. The number of alkyl halides is 2. The molecule has 1 aromatic heterocycles. The fourth-order valence-corrected chi connectivity index (χ4v) is 4.71. The molecule has 0 spiro atoms. The van der Waals surface area contributed by atoms with Crippen molar-refractivity contribution in [1.29, 1.82) is 0 Å². The van der Waals surface area contributed by atoms with E-state index in [1.807, 2.05) is 0 Å². The minimum Gasteiger partial charge on any atom is -0.477 e. The molecular weight excluding hydrogens is 426 g/mol. The Kier molecular flexibility index (Phi) is 5.83. The second-order valence-corrected chi connectivity index (χ2v) is 7.77. The summed E-state index contributed by atoms with van der Waals surface area (Å²) < 4.78 is 31.2. The van der Waals surface area contributed by atoms with E-state index < -0.39 is 41.7 Å². The number of carboxylic acids is 1. The number of carboxylic acid groups (broad SMARTS) is 1. The van der Waals surface area contributed by atoms with Gasteiger partial charge in [-0.05, 0) is 13.8 Å². The quantitative estimate of drug-likeness (QED) is 0.487. The van der Waals surface area contributed by atoms with Gasteiger partial charge in [0, 0.05) is 18.2 Å². The van der Waals surface area contributed by atoms with Crippen molar-refractivity contribution in [3.63, 3.8) is 0 Å². The molecule has 1 saturated heterocycles. The second-order valence-electron chi connectivity index (χ2n) is 6.67. The molecule has 10 nitrogen and oxygen atoms in total. The maximum atomic E-state index is 13.0. The average molecular weight is 444 g/mol. The zero-order chi connectivity index (χ0) is 22.3. The van der Waals surface area contributed by atoms with Gasteiger partial charge < -0.3 is 15.2 Å². The largest absolute Gasteiger partial charge is 0.477 e. The smallest absolute Gasteiger partial charge is 0.352 e. The van der Waals surface area contributed by atoms with E-state index in [1.54, 1.807) is 0 Å². The van der Waals surface area contributed by atoms with E-state index in [2.05, 4.69) is 10.4 Å². The molecular formula is C17H18F2N4O6S. The number of carbonyl (C=O) groups is 4. The molecule has 0 aliphatic carbocycles. The number of amides is 2. The number of β-lactam (4-membered cyclic amide) rings is 1. The highest BCUT2D eigenvalue weighted by atomic mass is 32.2. The van der Waals surface area contributed by atoms with Gasteiger partial charge in [-0.2, -0.15) is 13.9 Å². The Morgan fingerprint density at radius 3 is 2.57 bits per heavy atom. The summed E-state index contributed by atoms with van der Waals surface area (Å²) in [6, 6.07) is -1.03. The van der Waals surface area contributed by atoms with Crippen LogP contribution in [-0.4, -0.2) is 67.3 Å². The van der Waals surface area contributed by atoms with Gasteiger partial charge in [0.1, 0.15) is 23.7 Å². The Bertz CT molecular complexity index is 976. The van der Waals surface area contributed by atoms with Crippen molar-refractivity contribution < 1.29 is 37.8 Å². The summed E-state index contributed by atoms with van der Waals surface area (Å²) >= 11 is 1.20. The van der Waals surface area contributed by atoms with Crippen LogP contribution in [0.15, 0.2) is 11.3 Å². The third-order valence-electron chi connectivity index (χ3n) is 4.72. The molecule has 1 aromatic rings. The lowest BCUT2D eigenvalue weighted by Crippen LogP contribution is -2.70. The SMILES string of the molecule is CC(=O)OCC1=C(C(=O)O)N2C(=O)C(NC(=O)c3c(C)nn(C(F)F)c3C)C2SC1. The van der Waals surface area contributed by atoms with Gasteiger partial charge in [-0.15, -0.1) is 11.8 Å². The third kappa shape index (κ3) is 3.64. The molecule has 2 N–H and O–H groups in total. The Labute approximate surface area is 173 Å². The van der Waals surface area contributed by atoms with Crippen molar-refractivity contribution in [2.75, 3.05) is 12.4 Å². The first-order valence-electron chi connectivity index (χ1n) is 8.72. The standard InChI is InChI=1S/C17H18F2N4O6S/c1-6-10(7(2)23(21-6)17(18)19)13(25)20-11-14(26)22-12(16(27)28)9(4-29-8(3)24)5-30-15(11)22/h11,15,17H,4-5H2,1-3H3,(H,20,25)(H,27,28). The Morgan fingerprint density at radius 1 is 1.37 bits per heavy atom. The predicted octanol–water partition coefficient (Wildman–Crippen LogP) is 0.810. The molecule has 2 atom stereocenters. The van der Waals surface area contributed by atoms with Gasteiger partial charge in [0.05, 0.1) is 17.0 Å². The van der Waals surface area contributed by atoms with Crippen LogP contribution in [-0.2, 0) is 19.1 Å². The number of hydrogen-bond donors (Lipinski definition) is 2. The first-order valence-corrected chi connectivity index (χ1v) is 9.77. The summed E-state index contributed by atoms with van der Waals surface area (Å²) in [4.78, 5) is 48.9. The average Bonchev–Trinajstić information content (AvgIpc) is 2.97. The van der Waals surface area contributed by atoms with Crippen LogP contribution in [0.25, 0.3) is 0 Å². The van der Waals surface area contributed by atoms with Crippen LogP contribution in [0.1, 0.15) is 35.2 Å². The first kappa shape index (κ1) is 21.7. The zero-order valence-electron chi connectivity index (χ0n) is 16.1. The number of nitrogens with one attached hydrogen (secondary N) is 1. The summed E-state index contributed by atoms with van der Waals surface area (Å²) in [7, 11) is 0. The second kappa shape index (κ2) is 8.05. The number of thioether (sulfide) groups is 1. The Morgan fingerprint density at radius 2 is 2.03 bits per heavy atom. The lowest BCUT2D eigenvalue weighted by Gasteiger charge is -2.49. The van der Waals surface area contributed by atoms with E-state index in [9.17, 15) is 33.1 Å². The Balaban J connectivity index is 1.79. The van der Waals surface area contributed by atoms with Gasteiger partial charge in [0.2, 0.25) is 0 Å². The fourth-order valence-electron chi connectivity index (χ4n) is 3.38. The van der Waals surface area contributed by atoms with Crippen molar-refractivity contribution in [3.05, 3.63) is 28.2 Å². The Hall–Kier alpha value is -2.96. The van der Waals surface area contributed by atoms with E-state index in [0.29, 0.717) is 4.68 Å². The number of aliphatic carboxylic acids is 1. The van der Waals surface area contributed by atoms with Crippen molar-refractivity contribution in [2.45, 2.75) is 38.7 Å². The van der Waals surface area contributed by atoms with Gasteiger partial charge in [-0.25, -0.2) is 9.48 Å². The molecule has 0 bridgehead atoms. The van der Waals surface area contributed by atoms with Gasteiger partial charge in [-0.1, -0.05) is 0 Å². The van der Waals surface area contributed by atoms with Gasteiger partial charge in [0.15, 0.2) is 0 Å². The number of carbonyl (C=O) groups excluding carboxylic acids is 3. The van der Waals surface area contributed by atoms with E-state index in [4.69, 9.17) is 4.74 Å². The minimum absolute atomic E-state index is 0.0466. The lowest BCUT2D eigenvalue weighted by atomic mass is 10.0. The molecule has 162 valence electrons. The van der Waals surface area contributed by atoms with Crippen molar-refractivity contribution >= 4 is 35.5 Å². The van der Waals surface area contributed by atoms with Crippen molar-refractivity contribution in [2.24, 2.45) is 0 Å². The number of fused-ring (bicyclic) bond motifs is 1. The molecule has 3 heterocycles. The van der Waals surface area contributed by atoms with Crippen LogP contribution in [0.2, 0.25) is 0 Å². The molecule has 2 aliphatic heterocycles. The van der Waals surface area contributed by atoms with Crippen LogP contribution >= 0.6 is 11.8 Å². The number of rotatable bonds is 6. The van der Waals surface area contributed by atoms with E-state index in [1.165, 1.54) is 32.5 Å². The first-order chi connectivity index (χ1) is 14.0. The van der Waals surface area contributed by atoms with Crippen LogP contribution in [0.3, 0.4) is 0 Å². The molecule has 2 unspecified atom stereocenters. The molecule has 0 saturated carbocycles. The fraction of sp³-hybridized carbons (Fsp3) is 0.471. The maximum Gasteiger partial charge on any atom is 0.352 e. The minimum atomic E-state index is -2.92. The number of esters is 1. The zero-order valence-corrected chi connectivity index (χ0v) is 17.0. The van der Waals surface area contributed by atoms with Gasteiger partial charge >= 0.3 is 18.5 Å². The number of aryl methyl sites for hydroxylation is 1. The molecule has 0 aromatic carbocycles. The van der Waals surface area contributed by atoms with Crippen LogP contribution in [0, 0.1) is 13.8 Å². The third-order valence-corrected chi connectivity index (χ3v) is 6.06. The van der Waals surface area contributed by atoms with E-state index in [0.717, 1.165) is 4.90 Å². The summed E-state index contributed by atoms with van der Waals surface area (Å²) in [5, 5.41) is 15.0. The monoisotopic (exact) mass is 444 g/mol. The summed E-state index contributed by atoms with van der Waals surface area (Å²) in [5.74, 6) is -3.17. The molecule has 1 fully saturated rings. The number of hydrogen-bond acceptors (Lipinski definition) is 7. The summed E-state index contributed by atoms with van der Waals surface area (Å²) in [6.45, 7) is 0.720. The molecule has 2 aliphatic rings. The molecule has 30 heavy (non-hydrogen) atoms. The number of halogens is 2. The lowest BCUT2D eigenvalue weighted by molar-refractivity contribution is -0.149. The van der Waals surface area contributed by atoms with Crippen molar-refractivity contribution in [1.82, 2.24) is 20.0 Å². The molecule has 13 heteroatoms. The topological polar surface area (TPSA) is 131 Å². The molecule has 0 radical (unpaired) electrons.